The molecule has 1 fully saturated rings. The van der Waals surface area contributed by atoms with E-state index in [2.05, 4.69) is 13.0 Å². The second-order valence-corrected chi connectivity index (χ2v) is 5.82. The van der Waals surface area contributed by atoms with Gasteiger partial charge in [0, 0.05) is 10.9 Å². The summed E-state index contributed by atoms with van der Waals surface area (Å²) in [6, 6.07) is 6.30. The third-order valence-corrected chi connectivity index (χ3v) is 4.71. The van der Waals surface area contributed by atoms with Crippen molar-refractivity contribution in [3.63, 3.8) is 0 Å². The number of nitrogens with zero attached hydrogens (tertiary/aromatic N) is 2. The van der Waals surface area contributed by atoms with E-state index in [9.17, 15) is 4.79 Å². The molecule has 0 saturated heterocycles. The zero-order chi connectivity index (χ0) is 13.0. The molecule has 1 aromatic heterocycles. The zero-order valence-electron chi connectivity index (χ0n) is 10.7. The summed E-state index contributed by atoms with van der Waals surface area (Å²) in [7, 11) is 0. The first-order valence-electron chi connectivity index (χ1n) is 6.53. The van der Waals surface area contributed by atoms with Crippen molar-refractivity contribution in [2.45, 2.75) is 45.1 Å². The van der Waals surface area contributed by atoms with Crippen LogP contribution in [0.3, 0.4) is 0 Å². The maximum atomic E-state index is 12.4. The number of nitriles is 1. The number of carbonyl (C=O) groups is 1. The second kappa shape index (κ2) is 6.01. The Morgan fingerprint density at radius 1 is 1.50 bits per heavy atom. The molecule has 0 atom stereocenters. The Hall–Kier alpha value is -1.34. The Kier molecular flexibility index (Phi) is 4.38. The monoisotopic (exact) mass is 262 g/mol. The fourth-order valence-corrected chi connectivity index (χ4v) is 3.39. The van der Waals surface area contributed by atoms with Crippen LogP contribution in [-0.2, 0) is 6.42 Å². The molecule has 18 heavy (non-hydrogen) atoms. The topological polar surface area (TPSA) is 44.1 Å². The summed E-state index contributed by atoms with van der Waals surface area (Å²) < 4.78 is 0. The average molecular weight is 262 g/mol. The molecule has 0 spiro atoms. The van der Waals surface area contributed by atoms with E-state index in [0.29, 0.717) is 0 Å². The molecule has 1 amide bonds. The molecule has 1 aliphatic rings. The molecular weight excluding hydrogens is 244 g/mol. The van der Waals surface area contributed by atoms with Gasteiger partial charge in [0.2, 0.25) is 0 Å². The molecule has 1 saturated carbocycles. The van der Waals surface area contributed by atoms with Gasteiger partial charge in [-0.15, -0.1) is 11.3 Å². The van der Waals surface area contributed by atoms with E-state index in [0.717, 1.165) is 24.1 Å². The molecule has 0 aliphatic heterocycles. The Balaban J connectivity index is 2.14. The van der Waals surface area contributed by atoms with Crippen molar-refractivity contribution in [1.82, 2.24) is 4.90 Å². The molecule has 1 aromatic rings. The number of rotatable bonds is 4. The Morgan fingerprint density at radius 2 is 2.22 bits per heavy atom. The van der Waals surface area contributed by atoms with Crippen molar-refractivity contribution in [3.05, 3.63) is 21.9 Å². The van der Waals surface area contributed by atoms with Crippen molar-refractivity contribution >= 4 is 17.2 Å². The van der Waals surface area contributed by atoms with Gasteiger partial charge in [-0.1, -0.05) is 19.8 Å². The minimum Gasteiger partial charge on any atom is -0.322 e. The number of hydrogen-bond donors (Lipinski definition) is 0. The van der Waals surface area contributed by atoms with Gasteiger partial charge in [0.25, 0.3) is 5.91 Å². The summed E-state index contributed by atoms with van der Waals surface area (Å²) in [6.45, 7) is 2.30. The average Bonchev–Trinajstić information content (AvgIpc) is 3.05. The van der Waals surface area contributed by atoms with Crippen LogP contribution >= 0.6 is 11.3 Å². The summed E-state index contributed by atoms with van der Waals surface area (Å²) >= 11 is 1.55. The van der Waals surface area contributed by atoms with E-state index in [4.69, 9.17) is 5.26 Å². The Morgan fingerprint density at radius 3 is 2.78 bits per heavy atom. The van der Waals surface area contributed by atoms with Gasteiger partial charge in [0.1, 0.15) is 6.54 Å². The highest BCUT2D eigenvalue weighted by Gasteiger charge is 2.27. The molecule has 2 rings (SSSR count). The number of carbonyl (C=O) groups excluding carboxylic acids is 1. The predicted molar refractivity (Wildman–Crippen MR) is 72.6 cm³/mol. The molecular formula is C14H18N2OS. The molecule has 0 bridgehead atoms. The highest BCUT2D eigenvalue weighted by Crippen LogP contribution is 2.26. The van der Waals surface area contributed by atoms with Gasteiger partial charge in [-0.2, -0.15) is 5.26 Å². The number of thiophene rings is 1. The molecule has 0 unspecified atom stereocenters. The van der Waals surface area contributed by atoms with Crippen LogP contribution in [0.25, 0.3) is 0 Å². The maximum absolute atomic E-state index is 12.4. The van der Waals surface area contributed by atoms with Gasteiger partial charge in [-0.25, -0.2) is 0 Å². The first-order valence-corrected chi connectivity index (χ1v) is 7.34. The third kappa shape index (κ3) is 2.73. The van der Waals surface area contributed by atoms with E-state index >= 15 is 0 Å². The van der Waals surface area contributed by atoms with Crippen molar-refractivity contribution in [2.24, 2.45) is 0 Å². The van der Waals surface area contributed by atoms with Crippen LogP contribution in [0.4, 0.5) is 0 Å². The SMILES string of the molecule is CCc1ccc(C(=O)N(CC#N)C2CCCC2)s1. The summed E-state index contributed by atoms with van der Waals surface area (Å²) in [6.07, 6.45) is 5.38. The molecule has 96 valence electrons. The predicted octanol–water partition coefficient (Wildman–Crippen LogP) is 3.22. The van der Waals surface area contributed by atoms with Gasteiger partial charge in [0.05, 0.1) is 10.9 Å². The maximum Gasteiger partial charge on any atom is 0.265 e. The number of amides is 1. The largest absolute Gasteiger partial charge is 0.322 e. The van der Waals surface area contributed by atoms with Gasteiger partial charge < -0.3 is 4.90 Å². The minimum atomic E-state index is 0.0353. The smallest absolute Gasteiger partial charge is 0.265 e. The van der Waals surface area contributed by atoms with Crippen LogP contribution < -0.4 is 0 Å². The lowest BCUT2D eigenvalue weighted by Crippen LogP contribution is -2.38. The first-order chi connectivity index (χ1) is 8.76. The minimum absolute atomic E-state index is 0.0353. The summed E-state index contributed by atoms with van der Waals surface area (Å²) in [4.78, 5) is 16.2. The third-order valence-electron chi connectivity index (χ3n) is 3.49. The molecule has 0 aromatic carbocycles. The van der Waals surface area contributed by atoms with Crippen LogP contribution in [-0.4, -0.2) is 23.4 Å². The molecule has 0 radical (unpaired) electrons. The van der Waals surface area contributed by atoms with Crippen LogP contribution in [0.15, 0.2) is 12.1 Å². The molecule has 3 nitrogen and oxygen atoms in total. The Labute approximate surface area is 112 Å². The molecule has 0 N–H and O–H groups in total. The Bertz CT molecular complexity index is 455. The van der Waals surface area contributed by atoms with Gasteiger partial charge >= 0.3 is 0 Å². The van der Waals surface area contributed by atoms with E-state index in [1.54, 1.807) is 16.2 Å². The molecule has 1 aliphatic carbocycles. The quantitative estimate of drug-likeness (QED) is 0.782. The normalized spacial score (nSPS) is 15.6. The highest BCUT2D eigenvalue weighted by atomic mass is 32.1. The second-order valence-electron chi connectivity index (χ2n) is 4.65. The lowest BCUT2D eigenvalue weighted by Gasteiger charge is -2.25. The fourth-order valence-electron chi connectivity index (χ4n) is 2.48. The van der Waals surface area contributed by atoms with E-state index < -0.39 is 0 Å². The lowest BCUT2D eigenvalue weighted by atomic mass is 10.2. The zero-order valence-corrected chi connectivity index (χ0v) is 11.5. The fraction of sp³-hybridized carbons (Fsp3) is 0.571. The van der Waals surface area contributed by atoms with Crippen molar-refractivity contribution < 1.29 is 4.79 Å². The number of aryl methyl sites for hydroxylation is 1. The van der Waals surface area contributed by atoms with Gasteiger partial charge in [-0.3, -0.25) is 4.79 Å². The van der Waals surface area contributed by atoms with Crippen LogP contribution in [0.1, 0.15) is 47.2 Å². The standard InChI is InChI=1S/C14H18N2OS/c1-2-12-7-8-13(18-12)14(17)16(10-9-15)11-5-3-4-6-11/h7-8,11H,2-6,10H2,1H3. The van der Waals surface area contributed by atoms with E-state index in [1.165, 1.54) is 17.7 Å². The molecule has 4 heteroatoms. The van der Waals surface area contributed by atoms with Gasteiger partial charge in [0.15, 0.2) is 0 Å². The number of hydrogen-bond acceptors (Lipinski definition) is 3. The van der Waals surface area contributed by atoms with Crippen molar-refractivity contribution in [3.8, 4) is 6.07 Å². The van der Waals surface area contributed by atoms with Crippen LogP contribution in [0.5, 0.6) is 0 Å². The summed E-state index contributed by atoms with van der Waals surface area (Å²) in [5.74, 6) is 0.0353. The summed E-state index contributed by atoms with van der Waals surface area (Å²) in [5.41, 5.74) is 0. The molecule has 1 heterocycles. The van der Waals surface area contributed by atoms with Crippen LogP contribution in [0, 0.1) is 11.3 Å². The van der Waals surface area contributed by atoms with Crippen LogP contribution in [0.2, 0.25) is 0 Å². The van der Waals surface area contributed by atoms with E-state index in [1.807, 2.05) is 12.1 Å². The van der Waals surface area contributed by atoms with Crippen molar-refractivity contribution in [2.75, 3.05) is 6.54 Å². The summed E-state index contributed by atoms with van der Waals surface area (Å²) in [5, 5.41) is 8.90. The highest BCUT2D eigenvalue weighted by molar-refractivity contribution is 7.14. The van der Waals surface area contributed by atoms with Crippen molar-refractivity contribution in [1.29, 1.82) is 5.26 Å². The van der Waals surface area contributed by atoms with Gasteiger partial charge in [-0.05, 0) is 31.4 Å². The lowest BCUT2D eigenvalue weighted by molar-refractivity contribution is 0.0714. The van der Waals surface area contributed by atoms with E-state index in [-0.39, 0.29) is 18.5 Å². The first kappa shape index (κ1) is 13.1.